The largest absolute Gasteiger partial charge is 0.493 e. The molecule has 158 valence electrons. The highest BCUT2D eigenvalue weighted by atomic mass is 35.5. The molecule has 2 heterocycles. The molecule has 0 aliphatic carbocycles. The Morgan fingerprint density at radius 1 is 1.17 bits per heavy atom. The number of ether oxygens (including phenoxy) is 2. The third-order valence-corrected chi connectivity index (χ3v) is 6.41. The molecule has 1 amide bonds. The lowest BCUT2D eigenvalue weighted by atomic mass is 9.82. The van der Waals surface area contributed by atoms with Crippen molar-refractivity contribution in [1.29, 1.82) is 0 Å². The average Bonchev–Trinajstić information content (AvgIpc) is 2.71. The molecule has 5 nitrogen and oxygen atoms in total. The monoisotopic (exact) mass is 427 g/mol. The summed E-state index contributed by atoms with van der Waals surface area (Å²) in [5, 5.41) is 0.579. The molecule has 0 unspecified atom stereocenters. The molecule has 0 aromatic heterocycles. The van der Waals surface area contributed by atoms with Crippen LogP contribution in [0.15, 0.2) is 36.4 Å². The molecule has 2 aromatic rings. The molecule has 0 radical (unpaired) electrons. The van der Waals surface area contributed by atoms with Gasteiger partial charge in [0.1, 0.15) is 17.1 Å². The molecule has 4 rings (SSSR count). The molecule has 2 aliphatic heterocycles. The van der Waals surface area contributed by atoms with E-state index in [-0.39, 0.29) is 11.7 Å². The minimum atomic E-state index is -0.528. The molecule has 0 N–H and O–H groups in total. The van der Waals surface area contributed by atoms with Gasteiger partial charge in [-0.3, -0.25) is 9.59 Å². The molecular weight excluding hydrogens is 402 g/mol. The van der Waals surface area contributed by atoms with Crippen LogP contribution in [0.2, 0.25) is 5.02 Å². The Hall–Kier alpha value is -2.53. The third kappa shape index (κ3) is 4.31. The number of carbonyl (C=O) groups excluding carboxylic acids is 2. The number of amides is 1. The minimum Gasteiger partial charge on any atom is -0.493 e. The molecule has 0 saturated carbocycles. The van der Waals surface area contributed by atoms with Crippen LogP contribution in [-0.4, -0.2) is 41.9 Å². The standard InChI is InChI=1S/C24H26ClNO4/c1-16-3-5-18(6-4-16)29-12-7-23(28)26-10-8-24(9-11-26)15-21(27)19-14-20(25)17(2)13-22(19)30-24/h3-6,13-14H,7-12,15H2,1-2H3. The van der Waals surface area contributed by atoms with Crippen LogP contribution in [-0.2, 0) is 4.79 Å². The van der Waals surface area contributed by atoms with E-state index >= 15 is 0 Å². The summed E-state index contributed by atoms with van der Waals surface area (Å²) in [4.78, 5) is 27.1. The van der Waals surface area contributed by atoms with Crippen LogP contribution in [0, 0.1) is 13.8 Å². The Balaban J connectivity index is 1.32. The Morgan fingerprint density at radius 2 is 1.87 bits per heavy atom. The van der Waals surface area contributed by atoms with Crippen molar-refractivity contribution in [3.05, 3.63) is 58.1 Å². The average molecular weight is 428 g/mol. The van der Waals surface area contributed by atoms with Crippen LogP contribution < -0.4 is 9.47 Å². The summed E-state index contributed by atoms with van der Waals surface area (Å²) in [6.07, 6.45) is 1.95. The number of likely N-dealkylation sites (tertiary alicyclic amines) is 1. The predicted octanol–water partition coefficient (Wildman–Crippen LogP) is 4.75. The predicted molar refractivity (Wildman–Crippen MR) is 116 cm³/mol. The molecule has 0 atom stereocenters. The molecule has 2 aromatic carbocycles. The maximum Gasteiger partial charge on any atom is 0.226 e. The van der Waals surface area contributed by atoms with Crippen molar-refractivity contribution in [1.82, 2.24) is 4.90 Å². The topological polar surface area (TPSA) is 55.8 Å². The first-order chi connectivity index (χ1) is 14.3. The Bertz CT molecular complexity index is 962. The van der Waals surface area contributed by atoms with E-state index < -0.39 is 5.60 Å². The van der Waals surface area contributed by atoms with Gasteiger partial charge in [0.05, 0.1) is 25.0 Å². The van der Waals surface area contributed by atoms with Gasteiger partial charge in [0, 0.05) is 31.0 Å². The van der Waals surface area contributed by atoms with Crippen LogP contribution in [0.3, 0.4) is 0 Å². The number of carbonyl (C=O) groups is 2. The van der Waals surface area contributed by atoms with Gasteiger partial charge in [-0.05, 0) is 43.7 Å². The number of ketones is 1. The SMILES string of the molecule is Cc1ccc(OCCC(=O)N2CCC3(CC2)CC(=O)c2cc(Cl)c(C)cc2O3)cc1. The summed E-state index contributed by atoms with van der Waals surface area (Å²) in [7, 11) is 0. The van der Waals surface area contributed by atoms with Gasteiger partial charge in [0.25, 0.3) is 0 Å². The second-order valence-corrected chi connectivity index (χ2v) is 8.68. The van der Waals surface area contributed by atoms with Gasteiger partial charge < -0.3 is 14.4 Å². The first-order valence-electron chi connectivity index (χ1n) is 10.3. The number of halogens is 1. The highest BCUT2D eigenvalue weighted by molar-refractivity contribution is 6.31. The lowest BCUT2D eigenvalue weighted by Gasteiger charge is -2.44. The fourth-order valence-corrected chi connectivity index (χ4v) is 4.27. The van der Waals surface area contributed by atoms with E-state index in [0.29, 0.717) is 61.7 Å². The normalized spacial score (nSPS) is 17.4. The quantitative estimate of drug-likeness (QED) is 0.706. The number of hydrogen-bond donors (Lipinski definition) is 0. The summed E-state index contributed by atoms with van der Waals surface area (Å²) in [5.41, 5.74) is 2.09. The van der Waals surface area contributed by atoms with E-state index in [1.807, 2.05) is 49.1 Å². The Kier molecular flexibility index (Phi) is 5.74. The van der Waals surface area contributed by atoms with Gasteiger partial charge >= 0.3 is 0 Å². The van der Waals surface area contributed by atoms with Crippen molar-refractivity contribution in [3.8, 4) is 11.5 Å². The summed E-state index contributed by atoms with van der Waals surface area (Å²) in [5.74, 6) is 1.51. The van der Waals surface area contributed by atoms with Crippen LogP contribution in [0.25, 0.3) is 0 Å². The van der Waals surface area contributed by atoms with Crippen molar-refractivity contribution >= 4 is 23.3 Å². The Labute approximate surface area is 181 Å². The summed E-state index contributed by atoms with van der Waals surface area (Å²) in [6.45, 7) is 5.44. The number of benzene rings is 2. The number of aryl methyl sites for hydroxylation is 2. The van der Waals surface area contributed by atoms with Crippen LogP contribution in [0.1, 0.15) is 47.2 Å². The fourth-order valence-electron chi connectivity index (χ4n) is 4.11. The highest BCUT2D eigenvalue weighted by Crippen LogP contribution is 2.41. The molecule has 1 spiro atoms. The molecular formula is C24H26ClNO4. The van der Waals surface area contributed by atoms with Crippen molar-refractivity contribution in [2.24, 2.45) is 0 Å². The van der Waals surface area contributed by atoms with Crippen LogP contribution in [0.5, 0.6) is 11.5 Å². The lowest BCUT2D eigenvalue weighted by Crippen LogP contribution is -2.52. The van der Waals surface area contributed by atoms with Gasteiger partial charge in [-0.1, -0.05) is 29.3 Å². The number of hydrogen-bond acceptors (Lipinski definition) is 4. The first kappa shape index (κ1) is 20.7. The second-order valence-electron chi connectivity index (χ2n) is 8.27. The molecule has 1 saturated heterocycles. The van der Waals surface area contributed by atoms with E-state index in [0.717, 1.165) is 11.3 Å². The van der Waals surface area contributed by atoms with Crippen molar-refractivity contribution < 1.29 is 19.1 Å². The van der Waals surface area contributed by atoms with Crippen molar-refractivity contribution in [2.75, 3.05) is 19.7 Å². The maximum absolute atomic E-state index is 12.7. The van der Waals surface area contributed by atoms with Crippen LogP contribution >= 0.6 is 11.6 Å². The molecule has 0 bridgehead atoms. The number of nitrogens with zero attached hydrogens (tertiary/aromatic N) is 1. The number of rotatable bonds is 4. The van der Waals surface area contributed by atoms with Gasteiger partial charge in [0.2, 0.25) is 5.91 Å². The number of piperidine rings is 1. The lowest BCUT2D eigenvalue weighted by molar-refractivity contribution is -0.135. The van der Waals surface area contributed by atoms with E-state index in [4.69, 9.17) is 21.1 Å². The van der Waals surface area contributed by atoms with Gasteiger partial charge in [-0.25, -0.2) is 0 Å². The number of Topliss-reactive ketones (excluding diaryl/α,β-unsaturated/α-hetero) is 1. The van der Waals surface area contributed by atoms with Gasteiger partial charge in [-0.15, -0.1) is 0 Å². The van der Waals surface area contributed by atoms with E-state index in [1.54, 1.807) is 6.07 Å². The van der Waals surface area contributed by atoms with E-state index in [2.05, 4.69) is 0 Å². The molecule has 30 heavy (non-hydrogen) atoms. The third-order valence-electron chi connectivity index (χ3n) is 6.00. The fraction of sp³-hybridized carbons (Fsp3) is 0.417. The van der Waals surface area contributed by atoms with Crippen molar-refractivity contribution in [3.63, 3.8) is 0 Å². The summed E-state index contributed by atoms with van der Waals surface area (Å²) >= 11 is 6.17. The van der Waals surface area contributed by atoms with E-state index in [1.165, 1.54) is 5.56 Å². The zero-order valence-corrected chi connectivity index (χ0v) is 18.1. The first-order valence-corrected chi connectivity index (χ1v) is 10.7. The minimum absolute atomic E-state index is 0.0597. The molecule has 1 fully saturated rings. The summed E-state index contributed by atoms with van der Waals surface area (Å²) < 4.78 is 12.0. The smallest absolute Gasteiger partial charge is 0.226 e. The number of fused-ring (bicyclic) bond motifs is 1. The zero-order valence-electron chi connectivity index (χ0n) is 17.4. The molecule has 2 aliphatic rings. The summed E-state index contributed by atoms with van der Waals surface area (Å²) in [6, 6.07) is 11.3. The second kappa shape index (κ2) is 8.31. The van der Waals surface area contributed by atoms with E-state index in [9.17, 15) is 9.59 Å². The Morgan fingerprint density at radius 3 is 2.57 bits per heavy atom. The van der Waals surface area contributed by atoms with Crippen LogP contribution in [0.4, 0.5) is 0 Å². The van der Waals surface area contributed by atoms with Crippen molar-refractivity contribution in [2.45, 2.75) is 45.1 Å². The highest BCUT2D eigenvalue weighted by Gasteiger charge is 2.43. The maximum atomic E-state index is 12.7. The zero-order chi connectivity index (χ0) is 21.3. The van der Waals surface area contributed by atoms with Gasteiger partial charge in [0.15, 0.2) is 5.78 Å². The van der Waals surface area contributed by atoms with Gasteiger partial charge in [-0.2, -0.15) is 0 Å². The molecule has 6 heteroatoms.